The number of nitrogens with one attached hydrogen (secondary N) is 1. The molecular weight excluding hydrogens is 302 g/mol. The Bertz CT molecular complexity index is 644. The van der Waals surface area contributed by atoms with Gasteiger partial charge in [0.2, 0.25) is 5.91 Å². The third-order valence-electron chi connectivity index (χ3n) is 4.76. The summed E-state index contributed by atoms with van der Waals surface area (Å²) < 4.78 is 0. The molecule has 3 amide bonds. The molecule has 0 radical (unpaired) electrons. The number of rotatable bonds is 2. The van der Waals surface area contributed by atoms with Gasteiger partial charge >= 0.3 is 6.03 Å². The molecular formula is C16H18ClN3O2. The molecule has 1 heterocycles. The van der Waals surface area contributed by atoms with Crippen molar-refractivity contribution in [2.45, 2.75) is 37.8 Å². The van der Waals surface area contributed by atoms with Gasteiger partial charge in [-0.25, -0.2) is 4.79 Å². The summed E-state index contributed by atoms with van der Waals surface area (Å²) in [6.45, 7) is 0.613. The summed E-state index contributed by atoms with van der Waals surface area (Å²) in [5, 5.41) is 3.82. The second kappa shape index (κ2) is 5.16. The van der Waals surface area contributed by atoms with Gasteiger partial charge in [0.1, 0.15) is 6.54 Å². The predicted molar refractivity (Wildman–Crippen MR) is 82.5 cm³/mol. The Morgan fingerprint density at radius 1 is 1.27 bits per heavy atom. The van der Waals surface area contributed by atoms with Crippen LogP contribution in [0.1, 0.15) is 36.4 Å². The summed E-state index contributed by atoms with van der Waals surface area (Å²) in [6.07, 6.45) is 3.87. The lowest BCUT2D eigenvalue weighted by Gasteiger charge is -2.21. The molecule has 1 aromatic carbocycles. The lowest BCUT2D eigenvalue weighted by atomic mass is 10.1. The van der Waals surface area contributed by atoms with Crippen LogP contribution in [0.2, 0.25) is 5.02 Å². The molecule has 5 nitrogen and oxygen atoms in total. The van der Waals surface area contributed by atoms with Crippen molar-refractivity contribution in [1.29, 1.82) is 0 Å². The number of benzene rings is 1. The van der Waals surface area contributed by atoms with Gasteiger partial charge in [0.15, 0.2) is 0 Å². The standard InChI is InChI=1S/C16H18ClN3O2/c17-13-3-1-2-12-11(13)6-7-14(12)18-16(22)19-8-15(21)20(9-19)10-4-5-10/h1-3,10,14H,4-9H2,(H,18,22)/t14-/m0/s1. The first-order valence-corrected chi connectivity index (χ1v) is 8.13. The zero-order valence-electron chi connectivity index (χ0n) is 12.2. The van der Waals surface area contributed by atoms with Gasteiger partial charge in [-0.15, -0.1) is 0 Å². The van der Waals surface area contributed by atoms with Crippen LogP contribution < -0.4 is 5.32 Å². The SMILES string of the molecule is O=C(N[C@H]1CCc2c(Cl)cccc21)N1CC(=O)N(C2CC2)C1. The highest BCUT2D eigenvalue weighted by molar-refractivity contribution is 6.31. The monoisotopic (exact) mass is 319 g/mol. The molecule has 22 heavy (non-hydrogen) atoms. The number of nitrogens with zero attached hydrogens (tertiary/aromatic N) is 2. The van der Waals surface area contributed by atoms with Crippen LogP contribution in [0.5, 0.6) is 0 Å². The maximum atomic E-state index is 12.4. The zero-order chi connectivity index (χ0) is 15.3. The van der Waals surface area contributed by atoms with Crippen LogP contribution in [-0.4, -0.2) is 41.0 Å². The van der Waals surface area contributed by atoms with Crippen molar-refractivity contribution in [3.8, 4) is 0 Å². The minimum atomic E-state index is -0.158. The van der Waals surface area contributed by atoms with Gasteiger partial charge in [0.05, 0.1) is 12.7 Å². The van der Waals surface area contributed by atoms with Crippen LogP contribution >= 0.6 is 11.6 Å². The average Bonchev–Trinajstić information content (AvgIpc) is 3.14. The van der Waals surface area contributed by atoms with E-state index in [0.29, 0.717) is 12.7 Å². The molecule has 0 aromatic heterocycles. The van der Waals surface area contributed by atoms with Gasteiger partial charge in [-0.2, -0.15) is 0 Å². The largest absolute Gasteiger partial charge is 0.331 e. The molecule has 1 atom stereocenters. The van der Waals surface area contributed by atoms with Crippen molar-refractivity contribution in [3.05, 3.63) is 34.3 Å². The van der Waals surface area contributed by atoms with Crippen molar-refractivity contribution in [1.82, 2.24) is 15.1 Å². The normalized spacial score (nSPS) is 23.9. The van der Waals surface area contributed by atoms with Gasteiger partial charge < -0.3 is 10.2 Å². The van der Waals surface area contributed by atoms with Gasteiger partial charge in [0.25, 0.3) is 0 Å². The van der Waals surface area contributed by atoms with Crippen LogP contribution in [0.15, 0.2) is 18.2 Å². The fourth-order valence-corrected chi connectivity index (χ4v) is 3.68. The summed E-state index contributed by atoms with van der Waals surface area (Å²) in [4.78, 5) is 27.8. The summed E-state index contributed by atoms with van der Waals surface area (Å²) in [6, 6.07) is 6.01. The van der Waals surface area contributed by atoms with E-state index in [1.165, 1.54) is 0 Å². The van der Waals surface area contributed by atoms with Gasteiger partial charge in [-0.1, -0.05) is 23.7 Å². The fourth-order valence-electron chi connectivity index (χ4n) is 3.41. The van der Waals surface area contributed by atoms with Crippen LogP contribution in [0, 0.1) is 0 Å². The first-order valence-electron chi connectivity index (χ1n) is 7.75. The Balaban J connectivity index is 1.44. The molecule has 0 unspecified atom stereocenters. The smallest absolute Gasteiger partial charge is 0.319 e. The molecule has 0 spiro atoms. The van der Waals surface area contributed by atoms with E-state index in [1.807, 2.05) is 23.1 Å². The average molecular weight is 320 g/mol. The van der Waals surface area contributed by atoms with Crippen LogP contribution in [0.4, 0.5) is 4.79 Å². The highest BCUT2D eigenvalue weighted by atomic mass is 35.5. The number of hydrogen-bond acceptors (Lipinski definition) is 2. The second-order valence-electron chi connectivity index (χ2n) is 6.28. The number of carbonyl (C=O) groups excluding carboxylic acids is 2. The van der Waals surface area contributed by atoms with Gasteiger partial charge in [0, 0.05) is 11.1 Å². The summed E-state index contributed by atoms with van der Waals surface area (Å²) in [7, 11) is 0. The third-order valence-corrected chi connectivity index (χ3v) is 5.11. The first-order chi connectivity index (χ1) is 10.6. The van der Waals surface area contributed by atoms with Crippen molar-refractivity contribution >= 4 is 23.5 Å². The van der Waals surface area contributed by atoms with Crippen molar-refractivity contribution < 1.29 is 9.59 Å². The molecule has 1 saturated carbocycles. The van der Waals surface area contributed by atoms with Crippen molar-refractivity contribution in [2.75, 3.05) is 13.2 Å². The molecule has 1 aliphatic heterocycles. The Kier molecular flexibility index (Phi) is 3.26. The minimum absolute atomic E-state index is 0.00808. The number of hydrogen-bond donors (Lipinski definition) is 1. The molecule has 1 aromatic rings. The molecule has 4 rings (SSSR count). The molecule has 6 heteroatoms. The quantitative estimate of drug-likeness (QED) is 0.909. The number of amides is 3. The lowest BCUT2D eigenvalue weighted by molar-refractivity contribution is -0.127. The van der Waals surface area contributed by atoms with E-state index < -0.39 is 0 Å². The van der Waals surface area contributed by atoms with Crippen LogP contribution in [-0.2, 0) is 11.2 Å². The number of fused-ring (bicyclic) bond motifs is 1. The van der Waals surface area contributed by atoms with E-state index in [-0.39, 0.29) is 24.5 Å². The number of urea groups is 1. The maximum Gasteiger partial charge on any atom is 0.319 e. The van der Waals surface area contributed by atoms with Gasteiger partial charge in [-0.3, -0.25) is 9.69 Å². The highest BCUT2D eigenvalue weighted by Crippen LogP contribution is 2.35. The van der Waals surface area contributed by atoms with Gasteiger partial charge in [-0.05, 0) is 42.9 Å². The van der Waals surface area contributed by atoms with E-state index >= 15 is 0 Å². The minimum Gasteiger partial charge on any atom is -0.331 e. The maximum absolute atomic E-state index is 12.4. The number of carbonyl (C=O) groups is 2. The third kappa shape index (κ3) is 2.33. The van der Waals surface area contributed by atoms with E-state index in [0.717, 1.165) is 41.8 Å². The zero-order valence-corrected chi connectivity index (χ0v) is 13.0. The van der Waals surface area contributed by atoms with Crippen LogP contribution in [0.3, 0.4) is 0 Å². The fraction of sp³-hybridized carbons (Fsp3) is 0.500. The first kappa shape index (κ1) is 13.9. The molecule has 0 bridgehead atoms. The Labute approximate surface area is 134 Å². The van der Waals surface area contributed by atoms with E-state index in [2.05, 4.69) is 5.32 Å². The number of halogens is 1. The van der Waals surface area contributed by atoms with Crippen molar-refractivity contribution in [3.63, 3.8) is 0 Å². The Morgan fingerprint density at radius 3 is 2.86 bits per heavy atom. The molecule has 1 N–H and O–H groups in total. The predicted octanol–water partition coefficient (Wildman–Crippen LogP) is 2.30. The van der Waals surface area contributed by atoms with Crippen molar-refractivity contribution in [2.24, 2.45) is 0 Å². The molecule has 2 fully saturated rings. The molecule has 1 saturated heterocycles. The van der Waals surface area contributed by atoms with E-state index in [9.17, 15) is 9.59 Å². The Morgan fingerprint density at radius 2 is 2.09 bits per heavy atom. The van der Waals surface area contributed by atoms with E-state index in [1.54, 1.807) is 4.90 Å². The van der Waals surface area contributed by atoms with E-state index in [4.69, 9.17) is 11.6 Å². The molecule has 116 valence electrons. The Hall–Kier alpha value is -1.75. The highest BCUT2D eigenvalue weighted by Gasteiger charge is 2.40. The second-order valence-corrected chi connectivity index (χ2v) is 6.69. The molecule has 3 aliphatic rings. The topological polar surface area (TPSA) is 52.7 Å². The summed E-state index contributed by atoms with van der Waals surface area (Å²) in [5.41, 5.74) is 2.23. The molecule has 2 aliphatic carbocycles. The van der Waals surface area contributed by atoms with Crippen LogP contribution in [0.25, 0.3) is 0 Å². The summed E-state index contributed by atoms with van der Waals surface area (Å²) in [5.74, 6) is 0.0625. The summed E-state index contributed by atoms with van der Waals surface area (Å²) >= 11 is 6.20. The lowest BCUT2D eigenvalue weighted by Crippen LogP contribution is -2.41.